The Morgan fingerprint density at radius 2 is 1.84 bits per heavy atom. The van der Waals surface area contributed by atoms with Gasteiger partial charge in [0.15, 0.2) is 0 Å². The van der Waals surface area contributed by atoms with E-state index in [-0.39, 0.29) is 17.1 Å². The third-order valence-electron chi connectivity index (χ3n) is 3.68. The van der Waals surface area contributed by atoms with Crippen molar-refractivity contribution >= 4 is 31.6 Å². The van der Waals surface area contributed by atoms with Crippen LogP contribution in [0.1, 0.15) is 17.5 Å². The molecule has 6 nitrogen and oxygen atoms in total. The van der Waals surface area contributed by atoms with Gasteiger partial charge in [0, 0.05) is 30.6 Å². The fourth-order valence-corrected chi connectivity index (χ4v) is 4.07. The van der Waals surface area contributed by atoms with E-state index in [9.17, 15) is 18.5 Å². The Hall–Kier alpha value is -1.77. The summed E-state index contributed by atoms with van der Waals surface area (Å²) in [6.45, 7) is 2.30. The van der Waals surface area contributed by atoms with Gasteiger partial charge in [0.2, 0.25) is 10.0 Å². The molecule has 0 N–H and O–H groups in total. The number of halogens is 1. The van der Waals surface area contributed by atoms with E-state index < -0.39 is 14.9 Å². The lowest BCUT2D eigenvalue weighted by Gasteiger charge is -2.22. The van der Waals surface area contributed by atoms with Gasteiger partial charge in [0.05, 0.1) is 9.82 Å². The van der Waals surface area contributed by atoms with Crippen molar-refractivity contribution in [2.75, 3.05) is 11.9 Å². The van der Waals surface area contributed by atoms with Crippen LogP contribution in [0.4, 0.5) is 5.69 Å². The molecule has 0 saturated carbocycles. The number of aryl methyl sites for hydroxylation is 1. The quantitative estimate of drug-likeness (QED) is 0.364. The van der Waals surface area contributed by atoms with E-state index in [4.69, 9.17) is 0 Å². The van der Waals surface area contributed by atoms with Gasteiger partial charge in [-0.3, -0.25) is 10.1 Å². The Morgan fingerprint density at radius 3 is 2.44 bits per heavy atom. The summed E-state index contributed by atoms with van der Waals surface area (Å²) < 4.78 is 27.3. The zero-order valence-electron chi connectivity index (χ0n) is 13.8. The van der Waals surface area contributed by atoms with Crippen molar-refractivity contribution in [2.45, 2.75) is 24.8 Å². The largest absolute Gasteiger partial charge is 0.269 e. The Labute approximate surface area is 155 Å². The van der Waals surface area contributed by atoms with E-state index in [0.717, 1.165) is 5.56 Å². The van der Waals surface area contributed by atoms with Gasteiger partial charge >= 0.3 is 0 Å². The first-order valence-corrected chi connectivity index (χ1v) is 10.3. The Balaban J connectivity index is 2.33. The molecule has 0 bridgehead atoms. The van der Waals surface area contributed by atoms with Crippen molar-refractivity contribution in [3.8, 4) is 0 Å². The van der Waals surface area contributed by atoms with Crippen molar-refractivity contribution in [3.05, 3.63) is 69.8 Å². The molecule has 0 atom stereocenters. The van der Waals surface area contributed by atoms with Crippen molar-refractivity contribution in [1.29, 1.82) is 0 Å². The van der Waals surface area contributed by atoms with Crippen LogP contribution in [0.25, 0.3) is 0 Å². The fraction of sp³-hybridized carbons (Fsp3) is 0.294. The number of nitrogens with zero attached hydrogens (tertiary/aromatic N) is 2. The highest BCUT2D eigenvalue weighted by Crippen LogP contribution is 2.21. The maximum atomic E-state index is 12.9. The second kappa shape index (κ2) is 8.55. The molecule has 25 heavy (non-hydrogen) atoms. The first-order valence-electron chi connectivity index (χ1n) is 7.70. The van der Waals surface area contributed by atoms with Gasteiger partial charge in [-0.15, -0.1) is 0 Å². The SMILES string of the molecule is Cc1ccc(S(=O)(=O)N(CCCBr)Cc2cccc([N+](=O)[O-])c2)cc1. The number of hydrogen-bond donors (Lipinski definition) is 0. The van der Waals surface area contributed by atoms with Crippen molar-refractivity contribution in [1.82, 2.24) is 4.31 Å². The van der Waals surface area contributed by atoms with E-state index in [2.05, 4.69) is 15.9 Å². The topological polar surface area (TPSA) is 80.5 Å². The second-order valence-electron chi connectivity index (χ2n) is 5.62. The monoisotopic (exact) mass is 426 g/mol. The summed E-state index contributed by atoms with van der Waals surface area (Å²) in [7, 11) is -3.68. The van der Waals surface area contributed by atoms with Crippen LogP contribution in [-0.4, -0.2) is 29.5 Å². The van der Waals surface area contributed by atoms with Crippen LogP contribution < -0.4 is 0 Å². The first-order chi connectivity index (χ1) is 11.8. The summed E-state index contributed by atoms with van der Waals surface area (Å²) in [6, 6.07) is 12.7. The minimum Gasteiger partial charge on any atom is -0.258 e. The zero-order chi connectivity index (χ0) is 18.4. The van der Waals surface area contributed by atoms with E-state index in [1.54, 1.807) is 36.4 Å². The van der Waals surface area contributed by atoms with Gasteiger partial charge in [-0.05, 0) is 31.0 Å². The van der Waals surface area contributed by atoms with Gasteiger partial charge in [-0.25, -0.2) is 8.42 Å². The molecule has 0 aliphatic heterocycles. The molecular formula is C17H19BrN2O4S. The maximum Gasteiger partial charge on any atom is 0.269 e. The molecule has 0 radical (unpaired) electrons. The smallest absolute Gasteiger partial charge is 0.258 e. The molecule has 0 unspecified atom stereocenters. The maximum absolute atomic E-state index is 12.9. The van der Waals surface area contributed by atoms with E-state index in [1.807, 2.05) is 6.92 Å². The molecular weight excluding hydrogens is 408 g/mol. The second-order valence-corrected chi connectivity index (χ2v) is 8.35. The molecule has 134 valence electrons. The molecule has 0 aliphatic rings. The number of alkyl halides is 1. The summed E-state index contributed by atoms with van der Waals surface area (Å²) in [4.78, 5) is 10.7. The average Bonchev–Trinajstić information content (AvgIpc) is 2.59. The molecule has 0 amide bonds. The van der Waals surface area contributed by atoms with Crippen LogP contribution in [0, 0.1) is 17.0 Å². The fourth-order valence-electron chi connectivity index (χ4n) is 2.35. The molecule has 0 heterocycles. The van der Waals surface area contributed by atoms with E-state index >= 15 is 0 Å². The number of nitro benzene ring substituents is 1. The van der Waals surface area contributed by atoms with Gasteiger partial charge in [-0.1, -0.05) is 45.8 Å². The number of benzene rings is 2. The summed E-state index contributed by atoms with van der Waals surface area (Å²) in [6.07, 6.45) is 0.639. The summed E-state index contributed by atoms with van der Waals surface area (Å²) in [5.74, 6) is 0. The third kappa shape index (κ3) is 5.10. The number of non-ortho nitro benzene ring substituents is 1. The number of rotatable bonds is 8. The minimum atomic E-state index is -3.68. The lowest BCUT2D eigenvalue weighted by atomic mass is 10.2. The molecule has 2 rings (SSSR count). The average molecular weight is 427 g/mol. The van der Waals surface area contributed by atoms with E-state index in [0.29, 0.717) is 23.9 Å². The molecule has 2 aromatic carbocycles. The molecule has 0 saturated heterocycles. The normalized spacial score (nSPS) is 11.6. The highest BCUT2D eigenvalue weighted by atomic mass is 79.9. The van der Waals surface area contributed by atoms with Crippen LogP contribution in [0.15, 0.2) is 53.4 Å². The van der Waals surface area contributed by atoms with Crippen molar-refractivity contribution in [2.24, 2.45) is 0 Å². The molecule has 0 fully saturated rings. The lowest BCUT2D eigenvalue weighted by Crippen LogP contribution is -2.32. The minimum absolute atomic E-state index is 0.0503. The van der Waals surface area contributed by atoms with Crippen LogP contribution in [-0.2, 0) is 16.6 Å². The van der Waals surface area contributed by atoms with Gasteiger partial charge < -0.3 is 0 Å². The summed E-state index contributed by atoms with van der Waals surface area (Å²) in [5.41, 5.74) is 1.51. The highest BCUT2D eigenvalue weighted by molar-refractivity contribution is 9.09. The Kier molecular flexibility index (Phi) is 6.69. The third-order valence-corrected chi connectivity index (χ3v) is 6.10. The van der Waals surface area contributed by atoms with Crippen LogP contribution in [0.3, 0.4) is 0 Å². The van der Waals surface area contributed by atoms with Gasteiger partial charge in [-0.2, -0.15) is 4.31 Å². The summed E-state index contributed by atoms with van der Waals surface area (Å²) in [5, 5.41) is 11.6. The Morgan fingerprint density at radius 1 is 1.16 bits per heavy atom. The predicted molar refractivity (Wildman–Crippen MR) is 100 cm³/mol. The Bertz CT molecular complexity index is 838. The van der Waals surface area contributed by atoms with Crippen molar-refractivity contribution < 1.29 is 13.3 Å². The first kappa shape index (κ1) is 19.6. The molecule has 0 aromatic heterocycles. The number of sulfonamides is 1. The van der Waals surface area contributed by atoms with Crippen LogP contribution >= 0.6 is 15.9 Å². The number of hydrogen-bond acceptors (Lipinski definition) is 4. The van der Waals surface area contributed by atoms with E-state index in [1.165, 1.54) is 16.4 Å². The number of nitro groups is 1. The molecule has 0 aliphatic carbocycles. The van der Waals surface area contributed by atoms with Crippen molar-refractivity contribution in [3.63, 3.8) is 0 Å². The van der Waals surface area contributed by atoms with Crippen LogP contribution in [0.5, 0.6) is 0 Å². The molecule has 0 spiro atoms. The summed E-state index contributed by atoms with van der Waals surface area (Å²) >= 11 is 3.32. The van der Waals surface area contributed by atoms with Crippen LogP contribution in [0.2, 0.25) is 0 Å². The van der Waals surface area contributed by atoms with Gasteiger partial charge in [0.25, 0.3) is 5.69 Å². The molecule has 8 heteroatoms. The highest BCUT2D eigenvalue weighted by Gasteiger charge is 2.24. The molecule has 2 aromatic rings. The standard InChI is InChI=1S/C17H19BrN2O4S/c1-14-6-8-17(9-7-14)25(23,24)19(11-3-10-18)13-15-4-2-5-16(12-15)20(21)22/h2,4-9,12H,3,10-11,13H2,1H3. The lowest BCUT2D eigenvalue weighted by molar-refractivity contribution is -0.384. The van der Waals surface area contributed by atoms with Gasteiger partial charge in [0.1, 0.15) is 0 Å². The zero-order valence-corrected chi connectivity index (χ0v) is 16.2. The predicted octanol–water partition coefficient (Wildman–Crippen LogP) is 3.88.